The molecule has 29 heavy (non-hydrogen) atoms. The molecule has 12 heteroatoms. The molecule has 0 atom stereocenters. The van der Waals surface area contributed by atoms with Crippen LogP contribution < -0.4 is 0 Å². The lowest BCUT2D eigenvalue weighted by Gasteiger charge is -2.27. The zero-order valence-electron chi connectivity index (χ0n) is 15.9. The van der Waals surface area contributed by atoms with Crippen molar-refractivity contribution in [2.24, 2.45) is 14.1 Å². The quantitative estimate of drug-likeness (QED) is 0.560. The van der Waals surface area contributed by atoms with Gasteiger partial charge in [0.05, 0.1) is 9.92 Å². The molecular formula is C17H18ClFN6O2S2. The summed E-state index contributed by atoms with van der Waals surface area (Å²) in [7, 11) is -0.166. The van der Waals surface area contributed by atoms with Crippen LogP contribution in [-0.2, 0) is 37.1 Å². The van der Waals surface area contributed by atoms with E-state index in [1.54, 1.807) is 4.68 Å². The monoisotopic (exact) mass is 456 g/mol. The first-order chi connectivity index (χ1) is 13.7. The SMILES string of the molecule is CSc1nnc(-c2nn(C)c3c2CN(S(=O)(=O)c2ccc(F)c(Cl)c2)CC3)n1C. The van der Waals surface area contributed by atoms with Crippen molar-refractivity contribution < 1.29 is 12.8 Å². The van der Waals surface area contributed by atoms with Gasteiger partial charge in [0.15, 0.2) is 11.0 Å². The van der Waals surface area contributed by atoms with Crippen LogP contribution in [-0.4, -0.2) is 50.1 Å². The zero-order valence-corrected chi connectivity index (χ0v) is 18.3. The largest absolute Gasteiger partial charge is 0.304 e. The third kappa shape index (κ3) is 3.35. The van der Waals surface area contributed by atoms with E-state index in [-0.39, 0.29) is 23.0 Å². The second kappa shape index (κ2) is 7.38. The van der Waals surface area contributed by atoms with Gasteiger partial charge in [-0.25, -0.2) is 12.8 Å². The summed E-state index contributed by atoms with van der Waals surface area (Å²) in [6.45, 7) is 0.426. The molecule has 0 bridgehead atoms. The fourth-order valence-corrected chi connectivity index (χ4v) is 5.60. The van der Waals surface area contributed by atoms with E-state index in [0.717, 1.165) is 28.5 Å². The normalized spacial score (nSPS) is 14.9. The average Bonchev–Trinajstić information content (AvgIpc) is 3.23. The van der Waals surface area contributed by atoms with Gasteiger partial charge in [-0.1, -0.05) is 23.4 Å². The fourth-order valence-electron chi connectivity index (χ4n) is 3.44. The number of nitrogens with zero attached hydrogens (tertiary/aromatic N) is 6. The first-order valence-electron chi connectivity index (χ1n) is 8.67. The Balaban J connectivity index is 1.74. The number of thioether (sulfide) groups is 1. The van der Waals surface area contributed by atoms with Crippen molar-refractivity contribution in [2.45, 2.75) is 23.0 Å². The predicted molar refractivity (Wildman–Crippen MR) is 108 cm³/mol. The summed E-state index contributed by atoms with van der Waals surface area (Å²) >= 11 is 7.26. The lowest BCUT2D eigenvalue weighted by atomic mass is 10.1. The van der Waals surface area contributed by atoms with Gasteiger partial charge in [-0.3, -0.25) is 4.68 Å². The van der Waals surface area contributed by atoms with Crippen LogP contribution in [0.4, 0.5) is 4.39 Å². The van der Waals surface area contributed by atoms with Crippen molar-refractivity contribution in [2.75, 3.05) is 12.8 Å². The van der Waals surface area contributed by atoms with Gasteiger partial charge in [0, 0.05) is 44.9 Å². The van der Waals surface area contributed by atoms with Crippen LogP contribution in [0, 0.1) is 5.82 Å². The van der Waals surface area contributed by atoms with Gasteiger partial charge >= 0.3 is 0 Å². The first-order valence-corrected chi connectivity index (χ1v) is 11.7. The Bertz CT molecular complexity index is 1210. The maximum atomic E-state index is 13.5. The zero-order chi connectivity index (χ0) is 20.9. The van der Waals surface area contributed by atoms with Gasteiger partial charge in [0.2, 0.25) is 10.0 Å². The minimum absolute atomic E-state index is 0.0406. The van der Waals surface area contributed by atoms with Gasteiger partial charge < -0.3 is 4.57 Å². The summed E-state index contributed by atoms with van der Waals surface area (Å²) in [5.41, 5.74) is 2.35. The molecule has 8 nitrogen and oxygen atoms in total. The van der Waals surface area contributed by atoms with E-state index >= 15 is 0 Å². The lowest BCUT2D eigenvalue weighted by molar-refractivity contribution is 0.386. The number of halogens is 2. The van der Waals surface area contributed by atoms with Crippen LogP contribution in [0.25, 0.3) is 11.5 Å². The Morgan fingerprint density at radius 2 is 2.00 bits per heavy atom. The van der Waals surface area contributed by atoms with Gasteiger partial charge in [0.25, 0.3) is 0 Å². The van der Waals surface area contributed by atoms with Crippen LogP contribution in [0.15, 0.2) is 28.3 Å². The van der Waals surface area contributed by atoms with Gasteiger partial charge in [-0.15, -0.1) is 10.2 Å². The third-order valence-corrected chi connectivity index (χ3v) is 7.82. The van der Waals surface area contributed by atoms with E-state index < -0.39 is 15.8 Å². The average molecular weight is 457 g/mol. The molecule has 3 heterocycles. The van der Waals surface area contributed by atoms with Crippen LogP contribution in [0.1, 0.15) is 11.3 Å². The summed E-state index contributed by atoms with van der Waals surface area (Å²) in [6.07, 6.45) is 2.41. The molecule has 1 aliphatic heterocycles. The van der Waals surface area contributed by atoms with Crippen LogP contribution in [0.2, 0.25) is 5.02 Å². The molecule has 1 aliphatic rings. The summed E-state index contributed by atoms with van der Waals surface area (Å²) in [4.78, 5) is -0.0406. The molecular weight excluding hydrogens is 439 g/mol. The Labute approximate surface area is 176 Å². The molecule has 0 saturated carbocycles. The smallest absolute Gasteiger partial charge is 0.243 e. The topological polar surface area (TPSA) is 85.9 Å². The molecule has 0 spiro atoms. The number of fused-ring (bicyclic) bond motifs is 1. The molecule has 1 aromatic carbocycles. The number of aromatic nitrogens is 5. The summed E-state index contributed by atoms with van der Waals surface area (Å²) in [5, 5.41) is 13.5. The van der Waals surface area contributed by atoms with Crippen LogP contribution in [0.3, 0.4) is 0 Å². The van der Waals surface area contributed by atoms with Crippen LogP contribution >= 0.6 is 23.4 Å². The second-order valence-electron chi connectivity index (χ2n) is 6.63. The maximum Gasteiger partial charge on any atom is 0.243 e. The summed E-state index contributed by atoms with van der Waals surface area (Å²) in [6, 6.07) is 3.42. The third-order valence-electron chi connectivity index (χ3n) is 4.97. The molecule has 0 radical (unpaired) electrons. The van der Waals surface area contributed by atoms with E-state index in [4.69, 9.17) is 11.6 Å². The summed E-state index contributed by atoms with van der Waals surface area (Å²) < 4.78 is 44.6. The predicted octanol–water partition coefficient (Wildman–Crippen LogP) is 2.48. The highest BCUT2D eigenvalue weighted by molar-refractivity contribution is 7.98. The number of aryl methyl sites for hydroxylation is 1. The van der Waals surface area contributed by atoms with Gasteiger partial charge in [-0.2, -0.15) is 9.40 Å². The van der Waals surface area contributed by atoms with Crippen LogP contribution in [0.5, 0.6) is 0 Å². The number of rotatable bonds is 4. The van der Waals surface area contributed by atoms with E-state index in [0.29, 0.717) is 17.9 Å². The molecule has 0 fully saturated rings. The van der Waals surface area contributed by atoms with E-state index in [1.807, 2.05) is 24.9 Å². The van der Waals surface area contributed by atoms with Crippen molar-refractivity contribution >= 4 is 33.4 Å². The summed E-state index contributed by atoms with van der Waals surface area (Å²) in [5.74, 6) is -0.0803. The number of hydrogen-bond donors (Lipinski definition) is 0. The van der Waals surface area contributed by atoms with Gasteiger partial charge in [-0.05, 0) is 24.5 Å². The minimum atomic E-state index is -3.85. The molecule has 154 valence electrons. The van der Waals surface area contributed by atoms with Crippen molar-refractivity contribution in [1.29, 1.82) is 0 Å². The molecule has 0 saturated heterocycles. The first kappa shape index (κ1) is 20.3. The highest BCUT2D eigenvalue weighted by Gasteiger charge is 2.33. The highest BCUT2D eigenvalue weighted by atomic mass is 35.5. The van der Waals surface area contributed by atoms with Crippen molar-refractivity contribution in [3.05, 3.63) is 40.3 Å². The lowest BCUT2D eigenvalue weighted by Crippen LogP contribution is -2.36. The highest BCUT2D eigenvalue weighted by Crippen LogP contribution is 2.32. The molecule has 0 unspecified atom stereocenters. The van der Waals surface area contributed by atoms with E-state index in [9.17, 15) is 12.8 Å². The molecule has 0 amide bonds. The Morgan fingerprint density at radius 3 is 2.66 bits per heavy atom. The van der Waals surface area contributed by atoms with Crippen molar-refractivity contribution in [3.63, 3.8) is 0 Å². The fraction of sp³-hybridized carbons (Fsp3) is 0.353. The Morgan fingerprint density at radius 1 is 1.24 bits per heavy atom. The van der Waals surface area contributed by atoms with E-state index in [2.05, 4.69) is 15.3 Å². The number of sulfonamides is 1. The Hall–Kier alpha value is -1.95. The molecule has 0 N–H and O–H groups in total. The van der Waals surface area contributed by atoms with E-state index in [1.165, 1.54) is 22.1 Å². The van der Waals surface area contributed by atoms with Crippen molar-refractivity contribution in [3.8, 4) is 11.5 Å². The minimum Gasteiger partial charge on any atom is -0.304 e. The number of hydrogen-bond acceptors (Lipinski definition) is 6. The van der Waals surface area contributed by atoms with Gasteiger partial charge in [0.1, 0.15) is 11.5 Å². The second-order valence-corrected chi connectivity index (χ2v) is 9.75. The Kier molecular flexibility index (Phi) is 5.18. The number of benzene rings is 1. The molecule has 3 aromatic rings. The molecule has 0 aliphatic carbocycles. The maximum absolute atomic E-state index is 13.5. The van der Waals surface area contributed by atoms with Crippen molar-refractivity contribution in [1.82, 2.24) is 28.9 Å². The molecule has 4 rings (SSSR count). The molecule has 2 aromatic heterocycles. The standard InChI is InChI=1S/C17H18ClFN6O2S2/c1-23-16(20-21-17(23)28-3)15-11-9-25(7-6-14(11)24(2)22-15)29(26,27)10-4-5-13(19)12(18)8-10/h4-5,8H,6-7,9H2,1-3H3.